The zero-order valence-corrected chi connectivity index (χ0v) is 21.8. The highest BCUT2D eigenvalue weighted by atomic mass is 32.1. The average Bonchev–Trinajstić information content (AvgIpc) is 3.13. The van der Waals surface area contributed by atoms with Gasteiger partial charge in [0.15, 0.2) is 35.4 Å². The molecule has 2 rings (SSSR count). The lowest BCUT2D eigenvalue weighted by Gasteiger charge is -2.50. The van der Waals surface area contributed by atoms with Crippen molar-refractivity contribution in [1.29, 1.82) is 0 Å². The molecular weight excluding hydrogens is 536 g/mol. The van der Waals surface area contributed by atoms with Crippen molar-refractivity contribution >= 4 is 41.2 Å². The maximum atomic E-state index is 12.1. The first-order valence-corrected chi connectivity index (χ1v) is 11.8. The molecular formula is C21H32N2O14S. The minimum Gasteiger partial charge on any atom is -0.463 e. The summed E-state index contributed by atoms with van der Waals surface area (Å²) in [6, 6.07) is 0. The van der Waals surface area contributed by atoms with Crippen molar-refractivity contribution in [2.75, 3.05) is 19.8 Å². The summed E-state index contributed by atoms with van der Waals surface area (Å²) >= 11 is 5.26. The van der Waals surface area contributed by atoms with Crippen LogP contribution in [0.3, 0.4) is 0 Å². The van der Waals surface area contributed by atoms with Crippen LogP contribution in [-0.4, -0.2) is 134 Å². The van der Waals surface area contributed by atoms with Crippen LogP contribution in [0.25, 0.3) is 0 Å². The van der Waals surface area contributed by atoms with Crippen molar-refractivity contribution in [3.63, 3.8) is 0 Å². The van der Waals surface area contributed by atoms with Crippen LogP contribution in [0.15, 0.2) is 0 Å². The van der Waals surface area contributed by atoms with Crippen molar-refractivity contribution in [2.45, 2.75) is 82.4 Å². The SMILES string of the molecule is CC(=O)OC[C@H]1O[C@@H](N2C(=S)NCC2(O)[C@@H](O)[C@H](O)[C@H](O)CO)[C@H](OC(C)=O)[C@@H](OC(C)=O)[C@@H]1OC(C)=O. The largest absolute Gasteiger partial charge is 0.463 e. The first kappa shape index (κ1) is 31.5. The van der Waals surface area contributed by atoms with Crippen LogP contribution < -0.4 is 5.32 Å². The quantitative estimate of drug-likeness (QED) is 0.0838. The van der Waals surface area contributed by atoms with Gasteiger partial charge < -0.3 is 54.5 Å². The lowest BCUT2D eigenvalue weighted by Crippen LogP contribution is -2.72. The summed E-state index contributed by atoms with van der Waals surface area (Å²) in [7, 11) is 0. The third-order valence-electron chi connectivity index (χ3n) is 5.73. The monoisotopic (exact) mass is 568 g/mol. The van der Waals surface area contributed by atoms with Crippen molar-refractivity contribution in [1.82, 2.24) is 10.2 Å². The van der Waals surface area contributed by atoms with E-state index < -0.39 is 98.3 Å². The molecule has 0 amide bonds. The standard InChI is InChI=1S/C21H32N2O14S/c1-8(25)33-6-13-15(34-9(2)26)16(35-10(3)27)17(36-11(4)28)19(37-13)23-20(38)22-7-21(23,32)18(31)14(30)12(29)5-24/h12-19,24,29-32H,5-7H2,1-4H3,(H,22,38)/t12-,13-,14-,15-,16+,17-,18+,19-,21?/m1/s1. The van der Waals surface area contributed by atoms with E-state index in [4.69, 9.17) is 35.9 Å². The van der Waals surface area contributed by atoms with Gasteiger partial charge in [0.25, 0.3) is 0 Å². The van der Waals surface area contributed by atoms with Crippen molar-refractivity contribution < 1.29 is 68.4 Å². The third kappa shape index (κ3) is 7.04. The topological polar surface area (TPSA) is 231 Å². The normalized spacial score (nSPS) is 31.4. The number of hydrogen-bond acceptors (Lipinski definition) is 15. The van der Waals surface area contributed by atoms with E-state index in [1.807, 2.05) is 0 Å². The van der Waals surface area contributed by atoms with Gasteiger partial charge in [0.1, 0.15) is 31.0 Å². The fraction of sp³-hybridized carbons (Fsp3) is 0.762. The van der Waals surface area contributed by atoms with Gasteiger partial charge in [0.2, 0.25) is 0 Å². The summed E-state index contributed by atoms with van der Waals surface area (Å²) in [5.74, 6) is -3.41. The molecule has 0 aromatic rings. The number of rotatable bonds is 10. The average molecular weight is 569 g/mol. The van der Waals surface area contributed by atoms with E-state index in [1.165, 1.54) is 0 Å². The number of ether oxygens (including phenoxy) is 5. The molecule has 1 unspecified atom stereocenters. The van der Waals surface area contributed by atoms with E-state index >= 15 is 0 Å². The number of esters is 4. The highest BCUT2D eigenvalue weighted by molar-refractivity contribution is 7.80. The van der Waals surface area contributed by atoms with Crippen LogP contribution in [0.1, 0.15) is 27.7 Å². The molecule has 16 nitrogen and oxygen atoms in total. The number of carbonyl (C=O) groups is 4. The molecule has 2 heterocycles. The van der Waals surface area contributed by atoms with Gasteiger partial charge in [0.05, 0.1) is 13.2 Å². The minimum absolute atomic E-state index is 0.293. The van der Waals surface area contributed by atoms with Gasteiger partial charge in [-0.25, -0.2) is 0 Å². The van der Waals surface area contributed by atoms with E-state index in [0.29, 0.717) is 0 Å². The van der Waals surface area contributed by atoms with Gasteiger partial charge in [-0.05, 0) is 12.2 Å². The first-order chi connectivity index (χ1) is 17.6. The Morgan fingerprint density at radius 1 is 1.00 bits per heavy atom. The molecule has 2 aliphatic rings. The van der Waals surface area contributed by atoms with Crippen molar-refractivity contribution in [2.24, 2.45) is 0 Å². The number of nitrogens with zero attached hydrogens (tertiary/aromatic N) is 1. The highest BCUT2D eigenvalue weighted by Crippen LogP contribution is 2.36. The predicted molar refractivity (Wildman–Crippen MR) is 124 cm³/mol. The second-order valence-corrected chi connectivity index (χ2v) is 9.07. The smallest absolute Gasteiger partial charge is 0.303 e. The molecule has 0 aromatic heterocycles. The molecule has 0 radical (unpaired) electrons. The zero-order chi connectivity index (χ0) is 28.9. The van der Waals surface area contributed by atoms with E-state index in [1.54, 1.807) is 0 Å². The van der Waals surface area contributed by atoms with Crippen LogP contribution in [0, 0.1) is 0 Å². The second kappa shape index (κ2) is 12.9. The molecule has 0 saturated carbocycles. The zero-order valence-electron chi connectivity index (χ0n) is 21.0. The summed E-state index contributed by atoms with van der Waals surface area (Å²) < 4.78 is 26.9. The van der Waals surface area contributed by atoms with Crippen LogP contribution in [-0.2, 0) is 42.9 Å². The molecule has 0 spiro atoms. The Balaban J connectivity index is 2.65. The maximum Gasteiger partial charge on any atom is 0.303 e. The van der Waals surface area contributed by atoms with Crippen molar-refractivity contribution in [3.8, 4) is 0 Å². The summed E-state index contributed by atoms with van der Waals surface area (Å²) in [6.45, 7) is 2.10. The number of thiocarbonyl (C=S) groups is 1. The Hall–Kier alpha value is -2.67. The summed E-state index contributed by atoms with van der Waals surface area (Å²) in [6.07, 6.45) is -14.0. The lowest BCUT2D eigenvalue weighted by molar-refractivity contribution is -0.300. The van der Waals surface area contributed by atoms with E-state index in [2.05, 4.69) is 5.32 Å². The molecule has 2 fully saturated rings. The van der Waals surface area contributed by atoms with Crippen LogP contribution in [0.5, 0.6) is 0 Å². The predicted octanol–water partition coefficient (Wildman–Crippen LogP) is -3.98. The summed E-state index contributed by atoms with van der Waals surface area (Å²) in [5, 5.41) is 53.9. The Bertz CT molecular complexity index is 920. The molecule has 216 valence electrons. The van der Waals surface area contributed by atoms with Crippen LogP contribution in [0.4, 0.5) is 0 Å². The molecule has 0 bridgehead atoms. The van der Waals surface area contributed by atoms with Crippen LogP contribution >= 0.6 is 12.2 Å². The van der Waals surface area contributed by atoms with Crippen molar-refractivity contribution in [3.05, 3.63) is 0 Å². The molecule has 9 atom stereocenters. The number of aliphatic hydroxyl groups excluding tert-OH is 4. The highest BCUT2D eigenvalue weighted by Gasteiger charge is 2.61. The number of carbonyl (C=O) groups excluding carboxylic acids is 4. The molecule has 2 aliphatic heterocycles. The van der Waals surface area contributed by atoms with E-state index in [-0.39, 0.29) is 5.11 Å². The fourth-order valence-electron chi connectivity index (χ4n) is 4.14. The summed E-state index contributed by atoms with van der Waals surface area (Å²) in [4.78, 5) is 48.3. The van der Waals surface area contributed by atoms with Gasteiger partial charge in [-0.3, -0.25) is 24.1 Å². The molecule has 38 heavy (non-hydrogen) atoms. The molecule has 6 N–H and O–H groups in total. The van der Waals surface area contributed by atoms with E-state index in [0.717, 1.165) is 32.6 Å². The van der Waals surface area contributed by atoms with Gasteiger partial charge in [-0.15, -0.1) is 0 Å². The van der Waals surface area contributed by atoms with Gasteiger partial charge in [-0.2, -0.15) is 0 Å². The molecule has 0 aromatic carbocycles. The number of aliphatic hydroxyl groups is 5. The molecule has 2 saturated heterocycles. The Kier molecular flexibility index (Phi) is 10.7. The Morgan fingerprint density at radius 3 is 2.03 bits per heavy atom. The Labute approximate surface area is 222 Å². The molecule has 0 aliphatic carbocycles. The van der Waals surface area contributed by atoms with Crippen LogP contribution in [0.2, 0.25) is 0 Å². The second-order valence-electron chi connectivity index (χ2n) is 8.68. The molecule has 17 heteroatoms. The minimum atomic E-state index is -2.56. The maximum absolute atomic E-state index is 12.1. The lowest BCUT2D eigenvalue weighted by atomic mass is 9.93. The third-order valence-corrected chi connectivity index (χ3v) is 6.08. The van der Waals surface area contributed by atoms with Gasteiger partial charge in [-0.1, -0.05) is 0 Å². The first-order valence-electron chi connectivity index (χ1n) is 11.4. The fourth-order valence-corrected chi connectivity index (χ4v) is 4.47. The van der Waals surface area contributed by atoms with Gasteiger partial charge >= 0.3 is 23.9 Å². The Morgan fingerprint density at radius 2 is 1.53 bits per heavy atom. The number of nitrogens with one attached hydrogen (secondary N) is 1. The number of hydrogen-bond donors (Lipinski definition) is 6. The number of β-amino-alcohol motifs (C(OH)–C–C–N with tert-alkyl or cyclic N) is 1. The summed E-state index contributed by atoms with van der Waals surface area (Å²) in [5.41, 5.74) is -2.56. The van der Waals surface area contributed by atoms with Gasteiger partial charge in [0, 0.05) is 27.7 Å². The van der Waals surface area contributed by atoms with E-state index in [9.17, 15) is 44.7 Å².